The van der Waals surface area contributed by atoms with Gasteiger partial charge in [0.1, 0.15) is 11.3 Å². The smallest absolute Gasteiger partial charge is 0.295 e. The number of halogens is 1. The third kappa shape index (κ3) is 3.15. The van der Waals surface area contributed by atoms with Gasteiger partial charge in [-0.05, 0) is 60.5 Å². The van der Waals surface area contributed by atoms with Gasteiger partial charge in [0, 0.05) is 10.2 Å². The summed E-state index contributed by atoms with van der Waals surface area (Å²) in [6.07, 6.45) is 0. The van der Waals surface area contributed by atoms with Crippen LogP contribution < -0.4 is 15.1 Å². The van der Waals surface area contributed by atoms with E-state index in [9.17, 15) is 9.59 Å². The van der Waals surface area contributed by atoms with Gasteiger partial charge in [0.15, 0.2) is 5.43 Å². The number of methoxy groups -OCH3 is 1. The molecule has 154 valence electrons. The Labute approximate surface area is 187 Å². The number of aryl methyl sites for hydroxylation is 1. The first-order chi connectivity index (χ1) is 15.0. The zero-order chi connectivity index (χ0) is 21.7. The van der Waals surface area contributed by atoms with Crippen LogP contribution in [-0.2, 0) is 0 Å². The van der Waals surface area contributed by atoms with Crippen molar-refractivity contribution in [3.8, 4) is 5.75 Å². The molecule has 1 aliphatic rings. The van der Waals surface area contributed by atoms with Crippen molar-refractivity contribution >= 4 is 38.5 Å². The average Bonchev–Trinajstić information content (AvgIpc) is 3.07. The molecule has 2 heterocycles. The molecule has 1 amide bonds. The molecule has 0 N–H and O–H groups in total. The molecular weight excluding hydrogens is 458 g/mol. The third-order valence-corrected chi connectivity index (χ3v) is 6.01. The highest BCUT2D eigenvalue weighted by Gasteiger charge is 2.43. The minimum absolute atomic E-state index is 0.0779. The number of carbonyl (C=O) groups is 1. The average molecular weight is 476 g/mol. The van der Waals surface area contributed by atoms with Crippen molar-refractivity contribution in [1.82, 2.24) is 0 Å². The van der Waals surface area contributed by atoms with Crippen LogP contribution in [0.25, 0.3) is 11.0 Å². The van der Waals surface area contributed by atoms with Gasteiger partial charge in [0.25, 0.3) is 5.91 Å². The number of carbonyl (C=O) groups excluding carboxylic acids is 1. The molecule has 4 aromatic rings. The molecule has 3 aromatic carbocycles. The van der Waals surface area contributed by atoms with E-state index in [2.05, 4.69) is 15.9 Å². The topological polar surface area (TPSA) is 59.8 Å². The van der Waals surface area contributed by atoms with Crippen molar-refractivity contribution < 1.29 is 13.9 Å². The monoisotopic (exact) mass is 475 g/mol. The Morgan fingerprint density at radius 2 is 1.81 bits per heavy atom. The van der Waals surface area contributed by atoms with Gasteiger partial charge >= 0.3 is 0 Å². The van der Waals surface area contributed by atoms with E-state index in [-0.39, 0.29) is 17.1 Å². The summed E-state index contributed by atoms with van der Waals surface area (Å²) in [6.45, 7) is 1.97. The standard InChI is InChI=1S/C25H18BrNO4/c1-14-5-3-7-17(11-14)27-22(15-6-4-8-18(12-15)30-2)21-23(28)19-13-16(26)9-10-20(19)31-24(21)25(27)29/h3-13,22H,1-2H3. The van der Waals surface area contributed by atoms with Gasteiger partial charge in [-0.15, -0.1) is 0 Å². The number of rotatable bonds is 3. The van der Waals surface area contributed by atoms with E-state index in [4.69, 9.17) is 9.15 Å². The van der Waals surface area contributed by atoms with Crippen LogP contribution in [-0.4, -0.2) is 13.0 Å². The van der Waals surface area contributed by atoms with Gasteiger partial charge in [-0.2, -0.15) is 0 Å². The van der Waals surface area contributed by atoms with Crippen LogP contribution in [0, 0.1) is 6.92 Å². The molecule has 5 rings (SSSR count). The summed E-state index contributed by atoms with van der Waals surface area (Å²) in [6, 6.07) is 19.7. The van der Waals surface area contributed by atoms with E-state index in [1.165, 1.54) is 0 Å². The number of anilines is 1. The summed E-state index contributed by atoms with van der Waals surface area (Å²) in [7, 11) is 1.59. The summed E-state index contributed by atoms with van der Waals surface area (Å²) < 4.78 is 12.2. The van der Waals surface area contributed by atoms with Crippen molar-refractivity contribution in [3.63, 3.8) is 0 Å². The normalized spacial score (nSPS) is 15.4. The molecule has 0 radical (unpaired) electrons. The van der Waals surface area contributed by atoms with Crippen LogP contribution in [0.15, 0.2) is 80.4 Å². The van der Waals surface area contributed by atoms with Crippen LogP contribution in [0.1, 0.15) is 33.3 Å². The highest BCUT2D eigenvalue weighted by molar-refractivity contribution is 9.10. The van der Waals surface area contributed by atoms with E-state index in [1.807, 2.05) is 55.5 Å². The first kappa shape index (κ1) is 19.6. The Hall–Kier alpha value is -3.38. The maximum atomic E-state index is 13.6. The summed E-state index contributed by atoms with van der Waals surface area (Å²) in [4.78, 5) is 28.8. The Morgan fingerprint density at radius 1 is 1.00 bits per heavy atom. The van der Waals surface area contributed by atoms with Crippen molar-refractivity contribution in [3.05, 3.63) is 104 Å². The zero-order valence-electron chi connectivity index (χ0n) is 16.9. The van der Waals surface area contributed by atoms with Crippen molar-refractivity contribution in [2.24, 2.45) is 0 Å². The number of ether oxygens (including phenoxy) is 1. The molecule has 5 nitrogen and oxygen atoms in total. The number of hydrogen-bond donors (Lipinski definition) is 0. The van der Waals surface area contributed by atoms with E-state index in [0.717, 1.165) is 15.6 Å². The second-order valence-electron chi connectivity index (χ2n) is 7.51. The lowest BCUT2D eigenvalue weighted by Gasteiger charge is -2.25. The summed E-state index contributed by atoms with van der Waals surface area (Å²) >= 11 is 3.42. The molecule has 1 aromatic heterocycles. The van der Waals surface area contributed by atoms with Crippen LogP contribution in [0.3, 0.4) is 0 Å². The number of hydrogen-bond acceptors (Lipinski definition) is 4. The highest BCUT2D eigenvalue weighted by atomic mass is 79.9. The van der Waals surface area contributed by atoms with Crippen LogP contribution >= 0.6 is 15.9 Å². The largest absolute Gasteiger partial charge is 0.497 e. The molecule has 0 fully saturated rings. The summed E-state index contributed by atoms with van der Waals surface area (Å²) in [5.41, 5.74) is 3.00. The third-order valence-electron chi connectivity index (χ3n) is 5.52. The Bertz CT molecular complexity index is 1410. The molecule has 0 bridgehead atoms. The number of fused-ring (bicyclic) bond motifs is 2. The number of nitrogens with zero attached hydrogens (tertiary/aromatic N) is 1. The Balaban J connectivity index is 1.83. The van der Waals surface area contributed by atoms with Crippen molar-refractivity contribution in [2.45, 2.75) is 13.0 Å². The first-order valence-corrected chi connectivity index (χ1v) is 10.6. The van der Waals surface area contributed by atoms with Crippen LogP contribution in [0.2, 0.25) is 0 Å². The predicted octanol–water partition coefficient (Wildman–Crippen LogP) is 5.62. The zero-order valence-corrected chi connectivity index (χ0v) is 18.5. The van der Waals surface area contributed by atoms with Gasteiger partial charge in [0.05, 0.1) is 24.1 Å². The van der Waals surface area contributed by atoms with Gasteiger partial charge in [-0.25, -0.2) is 0 Å². The molecule has 1 aliphatic heterocycles. The van der Waals surface area contributed by atoms with Crippen molar-refractivity contribution in [2.75, 3.05) is 12.0 Å². The molecule has 1 atom stereocenters. The quantitative estimate of drug-likeness (QED) is 0.385. The van der Waals surface area contributed by atoms with Crippen molar-refractivity contribution in [1.29, 1.82) is 0 Å². The minimum Gasteiger partial charge on any atom is -0.497 e. The van der Waals surface area contributed by atoms with Gasteiger partial charge in [-0.1, -0.05) is 40.2 Å². The maximum Gasteiger partial charge on any atom is 0.295 e. The fourth-order valence-electron chi connectivity index (χ4n) is 4.12. The maximum absolute atomic E-state index is 13.6. The molecule has 0 saturated carbocycles. The molecule has 0 saturated heterocycles. The second kappa shape index (κ2) is 7.39. The number of benzene rings is 3. The van der Waals surface area contributed by atoms with Crippen LogP contribution in [0.4, 0.5) is 5.69 Å². The van der Waals surface area contributed by atoms with E-state index in [0.29, 0.717) is 28.0 Å². The summed E-state index contributed by atoms with van der Waals surface area (Å²) in [5.74, 6) is 0.389. The Kier molecular flexibility index (Phi) is 4.67. The van der Waals surface area contributed by atoms with Gasteiger partial charge in [-0.3, -0.25) is 14.5 Å². The molecular formula is C25H18BrNO4. The lowest BCUT2D eigenvalue weighted by atomic mass is 9.98. The predicted molar refractivity (Wildman–Crippen MR) is 123 cm³/mol. The second-order valence-corrected chi connectivity index (χ2v) is 8.42. The molecule has 6 heteroatoms. The lowest BCUT2D eigenvalue weighted by molar-refractivity contribution is 0.0971. The number of amides is 1. The van der Waals surface area contributed by atoms with E-state index < -0.39 is 6.04 Å². The molecule has 31 heavy (non-hydrogen) atoms. The van der Waals surface area contributed by atoms with Crippen LogP contribution in [0.5, 0.6) is 5.75 Å². The summed E-state index contributed by atoms with van der Waals surface area (Å²) in [5, 5.41) is 0.430. The molecule has 0 aliphatic carbocycles. The minimum atomic E-state index is -0.626. The SMILES string of the molecule is COc1cccc(C2c3c(oc4ccc(Br)cc4c3=O)C(=O)N2c2cccc(C)c2)c1. The molecule has 1 unspecified atom stereocenters. The van der Waals surface area contributed by atoms with Gasteiger partial charge < -0.3 is 9.15 Å². The highest BCUT2D eigenvalue weighted by Crippen LogP contribution is 2.42. The first-order valence-electron chi connectivity index (χ1n) is 9.78. The fourth-order valence-corrected chi connectivity index (χ4v) is 4.48. The lowest BCUT2D eigenvalue weighted by Crippen LogP contribution is -2.29. The molecule has 0 spiro atoms. The van der Waals surface area contributed by atoms with Gasteiger partial charge in [0.2, 0.25) is 5.76 Å². The van der Waals surface area contributed by atoms with E-state index >= 15 is 0 Å². The Morgan fingerprint density at radius 3 is 2.58 bits per heavy atom. The fraction of sp³-hybridized carbons (Fsp3) is 0.120. The van der Waals surface area contributed by atoms with E-state index in [1.54, 1.807) is 30.2 Å².